The van der Waals surface area contributed by atoms with Crippen LogP contribution in [0.2, 0.25) is 0 Å². The number of carbonyl (C=O) groups is 1. The summed E-state index contributed by atoms with van der Waals surface area (Å²) in [6, 6.07) is -0.449. The summed E-state index contributed by atoms with van der Waals surface area (Å²) >= 11 is 0. The molecule has 2 aliphatic carbocycles. The molecule has 3 atom stereocenters. The van der Waals surface area contributed by atoms with Crippen LogP contribution in [0.25, 0.3) is 0 Å². The number of nitrogens with zero attached hydrogens (tertiary/aromatic N) is 2. The summed E-state index contributed by atoms with van der Waals surface area (Å²) < 4.78 is 0. The zero-order valence-electron chi connectivity index (χ0n) is 12.9. The third-order valence-electron chi connectivity index (χ3n) is 3.74. The summed E-state index contributed by atoms with van der Waals surface area (Å²) in [5, 5.41) is 7.89. The van der Waals surface area contributed by atoms with Crippen molar-refractivity contribution in [3.05, 3.63) is 48.1 Å². The van der Waals surface area contributed by atoms with Crippen molar-refractivity contribution in [3.8, 4) is 0 Å². The van der Waals surface area contributed by atoms with Crippen LogP contribution in [0.5, 0.6) is 0 Å². The number of allylic oxidation sites excluding steroid dienone is 8. The quantitative estimate of drug-likeness (QED) is 0.607. The zero-order valence-corrected chi connectivity index (χ0v) is 12.9. The first-order chi connectivity index (χ1) is 10.7. The van der Waals surface area contributed by atoms with E-state index in [0.29, 0.717) is 11.8 Å². The first kappa shape index (κ1) is 15.9. The Labute approximate surface area is 131 Å². The SMILES string of the molecule is CC1CC=CC=C1/C=N/NC(=O)N/N=C/C1C=CC=CC1C. The van der Waals surface area contributed by atoms with Gasteiger partial charge in [0.05, 0.1) is 6.21 Å². The molecule has 0 aliphatic heterocycles. The molecule has 0 fully saturated rings. The van der Waals surface area contributed by atoms with Crippen LogP contribution in [0.3, 0.4) is 0 Å². The maximum atomic E-state index is 11.6. The Morgan fingerprint density at radius 1 is 1.18 bits per heavy atom. The average Bonchev–Trinajstić information content (AvgIpc) is 2.51. The lowest BCUT2D eigenvalue weighted by Crippen LogP contribution is -2.29. The highest BCUT2D eigenvalue weighted by Gasteiger charge is 2.11. The van der Waals surface area contributed by atoms with Crippen LogP contribution in [0.15, 0.2) is 58.3 Å². The topological polar surface area (TPSA) is 65.8 Å². The molecule has 2 aliphatic rings. The monoisotopic (exact) mass is 298 g/mol. The van der Waals surface area contributed by atoms with Crippen LogP contribution in [-0.2, 0) is 0 Å². The molecule has 0 heterocycles. The molecule has 0 aromatic rings. The van der Waals surface area contributed by atoms with Crippen molar-refractivity contribution in [1.29, 1.82) is 0 Å². The minimum absolute atomic E-state index is 0.203. The summed E-state index contributed by atoms with van der Waals surface area (Å²) in [6.45, 7) is 4.23. The van der Waals surface area contributed by atoms with E-state index in [0.717, 1.165) is 12.0 Å². The standard InChI is InChI=1S/C17H22N4O/c1-13-7-3-5-9-15(13)11-18-20-17(22)21-19-12-16-10-6-4-8-14(16)2/h3-7,9-15H,8H2,1-2H3,(H2,20,21,22)/b18-11+,19-12+. The minimum atomic E-state index is -0.449. The second-order valence-corrected chi connectivity index (χ2v) is 5.53. The number of nitrogens with one attached hydrogen (secondary N) is 2. The smallest absolute Gasteiger partial charge is 0.245 e. The maximum Gasteiger partial charge on any atom is 0.355 e. The van der Waals surface area contributed by atoms with Gasteiger partial charge in [0.2, 0.25) is 0 Å². The van der Waals surface area contributed by atoms with Crippen LogP contribution in [0, 0.1) is 17.8 Å². The highest BCUT2D eigenvalue weighted by atomic mass is 16.2. The van der Waals surface area contributed by atoms with Gasteiger partial charge >= 0.3 is 6.03 Å². The van der Waals surface area contributed by atoms with Crippen molar-refractivity contribution in [1.82, 2.24) is 10.9 Å². The zero-order chi connectivity index (χ0) is 15.8. The maximum absolute atomic E-state index is 11.6. The number of hydrogen-bond donors (Lipinski definition) is 2. The molecule has 116 valence electrons. The van der Waals surface area contributed by atoms with Gasteiger partial charge in [-0.3, -0.25) is 0 Å². The highest BCUT2D eigenvalue weighted by Crippen LogP contribution is 2.17. The summed E-state index contributed by atoms with van der Waals surface area (Å²) in [5.41, 5.74) is 5.92. The Balaban J connectivity index is 1.74. The molecule has 0 radical (unpaired) electrons. The number of carbonyl (C=O) groups excluding carboxylic acids is 1. The molecule has 0 saturated carbocycles. The predicted molar refractivity (Wildman–Crippen MR) is 90.6 cm³/mol. The minimum Gasteiger partial charge on any atom is -0.245 e. The van der Waals surface area contributed by atoms with Gasteiger partial charge in [-0.25, -0.2) is 15.6 Å². The van der Waals surface area contributed by atoms with E-state index in [9.17, 15) is 4.79 Å². The molecule has 0 aromatic carbocycles. The van der Waals surface area contributed by atoms with Crippen LogP contribution in [-0.4, -0.2) is 18.5 Å². The van der Waals surface area contributed by atoms with Gasteiger partial charge in [-0.05, 0) is 23.8 Å². The molecule has 0 spiro atoms. The van der Waals surface area contributed by atoms with E-state index in [1.807, 2.05) is 24.3 Å². The molecule has 2 rings (SSSR count). The van der Waals surface area contributed by atoms with Crippen molar-refractivity contribution in [2.45, 2.75) is 20.3 Å². The first-order valence-electron chi connectivity index (χ1n) is 7.50. The van der Waals surface area contributed by atoms with Gasteiger partial charge in [0.25, 0.3) is 0 Å². The third-order valence-corrected chi connectivity index (χ3v) is 3.74. The molecular formula is C17H22N4O. The molecule has 22 heavy (non-hydrogen) atoms. The van der Waals surface area contributed by atoms with Gasteiger partial charge in [0.15, 0.2) is 0 Å². The van der Waals surface area contributed by atoms with Gasteiger partial charge in [0, 0.05) is 12.1 Å². The normalized spacial score (nSPS) is 27.4. The van der Waals surface area contributed by atoms with Gasteiger partial charge in [0.1, 0.15) is 0 Å². The van der Waals surface area contributed by atoms with E-state index in [-0.39, 0.29) is 5.92 Å². The molecular weight excluding hydrogens is 276 g/mol. The Kier molecular flexibility index (Phi) is 5.89. The second-order valence-electron chi connectivity index (χ2n) is 5.53. The number of urea groups is 1. The van der Waals surface area contributed by atoms with Crippen LogP contribution >= 0.6 is 0 Å². The Morgan fingerprint density at radius 3 is 2.73 bits per heavy atom. The summed E-state index contributed by atoms with van der Waals surface area (Å²) in [4.78, 5) is 11.6. The van der Waals surface area contributed by atoms with Crippen LogP contribution in [0.1, 0.15) is 20.3 Å². The molecule has 0 bridgehead atoms. The summed E-state index contributed by atoms with van der Waals surface area (Å²) in [5.74, 6) is 1.00. The molecule has 5 heteroatoms. The molecule has 0 aromatic heterocycles. The van der Waals surface area contributed by atoms with E-state index < -0.39 is 6.03 Å². The highest BCUT2D eigenvalue weighted by molar-refractivity contribution is 5.82. The van der Waals surface area contributed by atoms with E-state index >= 15 is 0 Å². The average molecular weight is 298 g/mol. The largest absolute Gasteiger partial charge is 0.355 e. The number of hydrazone groups is 2. The molecule has 0 saturated heterocycles. The second kappa shape index (κ2) is 8.12. The lowest BCUT2D eigenvalue weighted by atomic mass is 9.91. The lowest BCUT2D eigenvalue weighted by Gasteiger charge is -2.15. The Hall–Kier alpha value is -2.43. The van der Waals surface area contributed by atoms with E-state index in [1.165, 1.54) is 0 Å². The van der Waals surface area contributed by atoms with Gasteiger partial charge in [-0.1, -0.05) is 56.4 Å². The predicted octanol–water partition coefficient (Wildman–Crippen LogP) is 3.16. The lowest BCUT2D eigenvalue weighted by molar-refractivity contribution is 0.242. The van der Waals surface area contributed by atoms with E-state index in [2.05, 4.69) is 53.1 Å². The fourth-order valence-electron chi connectivity index (χ4n) is 2.23. The molecule has 2 N–H and O–H groups in total. The van der Waals surface area contributed by atoms with Crippen molar-refractivity contribution in [3.63, 3.8) is 0 Å². The van der Waals surface area contributed by atoms with Crippen molar-refractivity contribution < 1.29 is 4.79 Å². The summed E-state index contributed by atoms with van der Waals surface area (Å²) in [6.07, 6.45) is 18.7. The number of rotatable bonds is 4. The number of hydrogen-bond acceptors (Lipinski definition) is 3. The van der Waals surface area contributed by atoms with Crippen LogP contribution in [0.4, 0.5) is 4.79 Å². The first-order valence-corrected chi connectivity index (χ1v) is 7.50. The molecule has 3 unspecified atom stereocenters. The van der Waals surface area contributed by atoms with Gasteiger partial charge < -0.3 is 0 Å². The number of amides is 2. The van der Waals surface area contributed by atoms with Gasteiger partial charge in [-0.2, -0.15) is 10.2 Å². The van der Waals surface area contributed by atoms with E-state index in [1.54, 1.807) is 12.4 Å². The van der Waals surface area contributed by atoms with Gasteiger partial charge in [-0.15, -0.1) is 0 Å². The molecule has 2 amide bonds. The fourth-order valence-corrected chi connectivity index (χ4v) is 2.23. The Bertz CT molecular complexity index is 569. The van der Waals surface area contributed by atoms with Crippen LogP contribution < -0.4 is 10.9 Å². The van der Waals surface area contributed by atoms with E-state index in [4.69, 9.17) is 0 Å². The Morgan fingerprint density at radius 2 is 1.95 bits per heavy atom. The fraction of sp³-hybridized carbons (Fsp3) is 0.353. The van der Waals surface area contributed by atoms with Crippen molar-refractivity contribution in [2.75, 3.05) is 0 Å². The summed E-state index contributed by atoms with van der Waals surface area (Å²) in [7, 11) is 0. The van der Waals surface area contributed by atoms with Crippen molar-refractivity contribution in [2.24, 2.45) is 28.0 Å². The molecule has 5 nitrogen and oxygen atoms in total. The van der Waals surface area contributed by atoms with Crippen molar-refractivity contribution >= 4 is 18.5 Å². The third kappa shape index (κ3) is 4.84.